The molecule has 0 saturated heterocycles. The number of fused-ring (bicyclic) bond motifs is 1. The molecule has 7 nitrogen and oxygen atoms in total. The van der Waals surface area contributed by atoms with Gasteiger partial charge in [0.1, 0.15) is 5.69 Å². The molecule has 0 saturated carbocycles. The summed E-state index contributed by atoms with van der Waals surface area (Å²) in [7, 11) is -0.179. The highest BCUT2D eigenvalue weighted by molar-refractivity contribution is 7.85. The summed E-state index contributed by atoms with van der Waals surface area (Å²) in [6, 6.07) is 15.9. The Balaban J connectivity index is 2.12. The molecule has 1 heterocycles. The number of aliphatic imine (C=N–C) groups is 1. The summed E-state index contributed by atoms with van der Waals surface area (Å²) in [5, 5.41) is 3.66. The second kappa shape index (κ2) is 6.47. The number of carbonyl (C=O) groups is 1. The van der Waals surface area contributed by atoms with Crippen LogP contribution in [0.5, 0.6) is 0 Å². The first-order valence-electron chi connectivity index (χ1n) is 7.80. The largest absolute Gasteiger partial charge is 0.325 e. The number of nitrogens with zero attached hydrogens (tertiary/aromatic N) is 3. The minimum Gasteiger partial charge on any atom is -0.286 e. The van der Waals surface area contributed by atoms with E-state index in [4.69, 9.17) is 0 Å². The Morgan fingerprint density at radius 1 is 1.04 bits per heavy atom. The third kappa shape index (κ3) is 3.42. The summed E-state index contributed by atoms with van der Waals surface area (Å²) < 4.78 is 27.5. The van der Waals surface area contributed by atoms with Crippen LogP contribution in [-0.2, 0) is 14.4 Å². The highest BCUT2D eigenvalue weighted by Gasteiger charge is 2.42. The van der Waals surface area contributed by atoms with E-state index < -0.39 is 15.9 Å². The number of hydrogen-bond acceptors (Lipinski definition) is 6. The van der Waals surface area contributed by atoms with Crippen LogP contribution in [0.3, 0.4) is 0 Å². The molecule has 134 valence electrons. The van der Waals surface area contributed by atoms with E-state index in [1.165, 1.54) is 0 Å². The molecule has 0 unspecified atom stereocenters. The van der Waals surface area contributed by atoms with Gasteiger partial charge in [0.15, 0.2) is 5.69 Å². The molecule has 8 heteroatoms. The fourth-order valence-electron chi connectivity index (χ4n) is 2.72. The quantitative estimate of drug-likeness (QED) is 0.349. The Labute approximate surface area is 151 Å². The van der Waals surface area contributed by atoms with Crippen LogP contribution in [0.25, 0.3) is 0 Å². The highest BCUT2D eigenvalue weighted by atomic mass is 32.2. The summed E-state index contributed by atoms with van der Waals surface area (Å²) in [6.07, 6.45) is 0.867. The number of oxime groups is 1. The van der Waals surface area contributed by atoms with Gasteiger partial charge in [0.2, 0.25) is 11.5 Å². The Hall–Kier alpha value is -2.84. The summed E-state index contributed by atoms with van der Waals surface area (Å²) in [4.78, 5) is 17.5. The first-order valence-corrected chi connectivity index (χ1v) is 9.61. The average Bonchev–Trinajstić information content (AvgIpc) is 2.86. The van der Waals surface area contributed by atoms with Crippen molar-refractivity contribution in [2.75, 3.05) is 20.4 Å². The second-order valence-corrected chi connectivity index (χ2v) is 7.85. The van der Waals surface area contributed by atoms with E-state index in [9.17, 15) is 13.2 Å². The Bertz CT molecular complexity index is 1030. The number of ketones is 1. The number of Topliss-reactive ketones (excluding diaryl/α,β-unsaturated/α-hetero) is 1. The van der Waals surface area contributed by atoms with Crippen LogP contribution in [0.15, 0.2) is 64.7 Å². The van der Waals surface area contributed by atoms with Crippen molar-refractivity contribution < 1.29 is 17.5 Å². The van der Waals surface area contributed by atoms with Gasteiger partial charge in [-0.2, -0.15) is 13.4 Å². The van der Waals surface area contributed by atoms with Gasteiger partial charge in [0, 0.05) is 11.6 Å². The molecule has 0 spiro atoms. The van der Waals surface area contributed by atoms with Crippen molar-refractivity contribution in [2.24, 2.45) is 10.1 Å². The number of benzene rings is 2. The van der Waals surface area contributed by atoms with E-state index in [0.29, 0.717) is 17.1 Å². The SMILES string of the molecule is C[N+]1(C)C(C(=NOS(C)(=O)=O)C(=O)c2ccccc2)=Nc2ccccc21. The molecular weight excluding hydrogens is 354 g/mol. The van der Waals surface area contributed by atoms with Crippen LogP contribution in [0.2, 0.25) is 0 Å². The number of carbonyl (C=O) groups excluding carboxylic acids is 1. The summed E-state index contributed by atoms with van der Waals surface area (Å²) in [5.74, 6) is -0.157. The van der Waals surface area contributed by atoms with Gasteiger partial charge in [0.05, 0.1) is 20.4 Å². The van der Waals surface area contributed by atoms with Crippen molar-refractivity contribution in [3.8, 4) is 0 Å². The average molecular weight is 372 g/mol. The molecule has 0 atom stereocenters. The maximum absolute atomic E-state index is 13.0. The molecule has 0 aliphatic carbocycles. The van der Waals surface area contributed by atoms with Gasteiger partial charge in [-0.25, -0.2) is 4.48 Å². The van der Waals surface area contributed by atoms with Crippen molar-refractivity contribution >= 4 is 38.8 Å². The predicted molar refractivity (Wildman–Crippen MR) is 101 cm³/mol. The molecule has 1 aliphatic heterocycles. The number of quaternary nitrogens is 1. The van der Waals surface area contributed by atoms with Gasteiger partial charge in [-0.05, 0) is 6.07 Å². The van der Waals surface area contributed by atoms with Gasteiger partial charge >= 0.3 is 10.1 Å². The lowest BCUT2D eigenvalue weighted by atomic mass is 10.1. The van der Waals surface area contributed by atoms with Gasteiger partial charge in [-0.1, -0.05) is 47.6 Å². The van der Waals surface area contributed by atoms with E-state index in [-0.39, 0.29) is 10.2 Å². The molecule has 26 heavy (non-hydrogen) atoms. The van der Waals surface area contributed by atoms with Crippen LogP contribution < -0.4 is 4.48 Å². The van der Waals surface area contributed by atoms with E-state index in [1.807, 2.05) is 38.4 Å². The number of rotatable bonds is 5. The summed E-state index contributed by atoms with van der Waals surface area (Å²) in [6.45, 7) is 0. The molecule has 0 amide bonds. The van der Waals surface area contributed by atoms with Crippen molar-refractivity contribution in [1.82, 2.24) is 4.48 Å². The summed E-state index contributed by atoms with van der Waals surface area (Å²) >= 11 is 0. The third-order valence-electron chi connectivity index (χ3n) is 3.97. The predicted octanol–water partition coefficient (Wildman–Crippen LogP) is 2.51. The van der Waals surface area contributed by atoms with E-state index in [0.717, 1.165) is 11.9 Å². The first-order chi connectivity index (χ1) is 12.2. The van der Waals surface area contributed by atoms with Crippen LogP contribution in [-0.4, -0.2) is 46.1 Å². The van der Waals surface area contributed by atoms with Crippen molar-refractivity contribution in [2.45, 2.75) is 0 Å². The monoisotopic (exact) mass is 372 g/mol. The maximum atomic E-state index is 13.0. The molecule has 0 radical (unpaired) electrons. The Kier molecular flexibility index (Phi) is 4.47. The Morgan fingerprint density at radius 3 is 2.27 bits per heavy atom. The zero-order chi connectivity index (χ0) is 18.9. The zero-order valence-corrected chi connectivity index (χ0v) is 15.4. The maximum Gasteiger partial charge on any atom is 0.325 e. The lowest BCUT2D eigenvalue weighted by Crippen LogP contribution is -2.50. The van der Waals surface area contributed by atoms with Gasteiger partial charge < -0.3 is 0 Å². The fourth-order valence-corrected chi connectivity index (χ4v) is 2.93. The van der Waals surface area contributed by atoms with Crippen LogP contribution in [0.1, 0.15) is 10.4 Å². The van der Waals surface area contributed by atoms with E-state index in [2.05, 4.69) is 14.4 Å². The zero-order valence-electron chi connectivity index (χ0n) is 14.6. The van der Waals surface area contributed by atoms with Crippen molar-refractivity contribution in [3.63, 3.8) is 0 Å². The summed E-state index contributed by atoms with van der Waals surface area (Å²) in [5.41, 5.74) is 1.78. The standard InChI is InChI=1S/C18H18N3O4S/c1-21(2)15-12-8-7-11-14(15)19-18(21)16(20-25-26(3,23)24)17(22)13-9-5-4-6-10-13/h4-12H,1-3H3/q+1. The Morgan fingerprint density at radius 2 is 1.65 bits per heavy atom. The molecule has 2 aromatic rings. The highest BCUT2D eigenvalue weighted by Crippen LogP contribution is 2.38. The van der Waals surface area contributed by atoms with Gasteiger partial charge in [-0.3, -0.25) is 9.08 Å². The number of hydrogen-bond donors (Lipinski definition) is 0. The second-order valence-electron chi connectivity index (χ2n) is 6.29. The molecule has 1 aliphatic rings. The molecule has 0 bridgehead atoms. The lowest BCUT2D eigenvalue weighted by molar-refractivity contribution is 0.106. The number of amidine groups is 1. The van der Waals surface area contributed by atoms with Crippen molar-refractivity contribution in [1.29, 1.82) is 0 Å². The third-order valence-corrected chi connectivity index (χ3v) is 4.31. The normalized spacial score (nSPS) is 16.0. The van der Waals surface area contributed by atoms with Gasteiger partial charge in [0.25, 0.3) is 5.84 Å². The smallest absolute Gasteiger partial charge is 0.286 e. The van der Waals surface area contributed by atoms with Crippen LogP contribution in [0, 0.1) is 0 Å². The van der Waals surface area contributed by atoms with Crippen LogP contribution in [0.4, 0.5) is 11.4 Å². The molecule has 2 aromatic carbocycles. The number of para-hydroxylation sites is 2. The minimum absolute atomic E-state index is 0.140. The fraction of sp³-hybridized carbons (Fsp3) is 0.167. The molecule has 3 rings (SSSR count). The van der Waals surface area contributed by atoms with E-state index in [1.54, 1.807) is 30.3 Å². The van der Waals surface area contributed by atoms with Gasteiger partial charge in [-0.15, -0.1) is 0 Å². The topological polar surface area (TPSA) is 85.2 Å². The van der Waals surface area contributed by atoms with E-state index >= 15 is 0 Å². The lowest BCUT2D eigenvalue weighted by Gasteiger charge is -2.25. The minimum atomic E-state index is -3.87. The molecule has 0 fully saturated rings. The molecular formula is C18H18N3O4S+. The molecule has 0 N–H and O–H groups in total. The molecule has 0 aromatic heterocycles. The van der Waals surface area contributed by atoms with Crippen LogP contribution >= 0.6 is 0 Å². The van der Waals surface area contributed by atoms with Crippen molar-refractivity contribution in [3.05, 3.63) is 60.2 Å². The first kappa shape index (κ1) is 18.0.